The molecule has 0 unspecified atom stereocenters. The fourth-order valence-corrected chi connectivity index (χ4v) is 1.49. The van der Waals surface area contributed by atoms with Crippen LogP contribution in [0.2, 0.25) is 0 Å². The van der Waals surface area contributed by atoms with Crippen molar-refractivity contribution < 1.29 is 4.79 Å². The van der Waals surface area contributed by atoms with Crippen molar-refractivity contribution in [3.05, 3.63) is 71.8 Å². The maximum Gasteiger partial charge on any atom is 0.185 e. The van der Waals surface area contributed by atoms with Crippen LogP contribution in [0, 0.1) is 0 Å². The molecule has 1 aromatic rings. The van der Waals surface area contributed by atoms with Gasteiger partial charge in [0.25, 0.3) is 0 Å². The van der Waals surface area contributed by atoms with E-state index < -0.39 is 0 Å². The molecule has 0 bridgehead atoms. The van der Waals surface area contributed by atoms with Crippen molar-refractivity contribution in [1.29, 1.82) is 0 Å². The predicted molar refractivity (Wildman–Crippen MR) is 73.1 cm³/mol. The van der Waals surface area contributed by atoms with Gasteiger partial charge in [-0.05, 0) is 25.0 Å². The van der Waals surface area contributed by atoms with Crippen molar-refractivity contribution in [3.8, 4) is 0 Å². The molecule has 0 aliphatic rings. The molecule has 1 heteroatoms. The van der Waals surface area contributed by atoms with Crippen molar-refractivity contribution in [2.24, 2.45) is 0 Å². The second-order valence-corrected chi connectivity index (χ2v) is 3.68. The summed E-state index contributed by atoms with van der Waals surface area (Å²) < 4.78 is 0. The van der Waals surface area contributed by atoms with Crippen LogP contribution in [0.25, 0.3) is 0 Å². The average molecular weight is 226 g/mol. The second-order valence-electron chi connectivity index (χ2n) is 3.68. The van der Waals surface area contributed by atoms with Gasteiger partial charge in [0, 0.05) is 5.56 Å². The first-order valence-electron chi connectivity index (χ1n) is 5.88. The highest BCUT2D eigenvalue weighted by molar-refractivity contribution is 6.04. The summed E-state index contributed by atoms with van der Waals surface area (Å²) in [5, 5.41) is 0. The second kappa shape index (κ2) is 7.39. The highest BCUT2D eigenvalue weighted by atomic mass is 16.1. The number of benzene rings is 1. The molecule has 1 rings (SSSR count). The number of carbonyl (C=O) groups excluding carboxylic acids is 1. The molecule has 0 fully saturated rings. The normalized spacial score (nSPS) is 12.5. The van der Waals surface area contributed by atoms with Gasteiger partial charge in [0.2, 0.25) is 0 Å². The Morgan fingerprint density at radius 2 is 1.82 bits per heavy atom. The Morgan fingerprint density at radius 1 is 1.12 bits per heavy atom. The van der Waals surface area contributed by atoms with E-state index in [1.54, 1.807) is 6.08 Å². The molecule has 0 radical (unpaired) electrons. The summed E-state index contributed by atoms with van der Waals surface area (Å²) in [7, 11) is 0. The third-order valence-electron chi connectivity index (χ3n) is 2.28. The van der Waals surface area contributed by atoms with E-state index in [0.717, 1.165) is 17.6 Å². The molecule has 0 spiro atoms. The number of carbonyl (C=O) groups is 1. The molecule has 17 heavy (non-hydrogen) atoms. The Balaban J connectivity index is 2.77. The van der Waals surface area contributed by atoms with E-state index in [1.165, 1.54) is 0 Å². The number of ketones is 1. The molecule has 0 saturated heterocycles. The van der Waals surface area contributed by atoms with E-state index in [9.17, 15) is 4.79 Å². The topological polar surface area (TPSA) is 17.1 Å². The average Bonchev–Trinajstić information content (AvgIpc) is 2.37. The lowest BCUT2D eigenvalue weighted by molar-refractivity contribution is 0.104. The smallest absolute Gasteiger partial charge is 0.185 e. The number of hydrogen-bond acceptors (Lipinski definition) is 1. The summed E-state index contributed by atoms with van der Waals surface area (Å²) in [5.74, 6) is 0.0390. The highest BCUT2D eigenvalue weighted by Gasteiger charge is 1.98. The Labute approximate surface area is 103 Å². The van der Waals surface area contributed by atoms with Crippen LogP contribution in [-0.2, 0) is 0 Å². The van der Waals surface area contributed by atoms with Crippen molar-refractivity contribution in [2.45, 2.75) is 20.3 Å². The first-order chi connectivity index (χ1) is 8.27. The van der Waals surface area contributed by atoms with Gasteiger partial charge in [0.1, 0.15) is 0 Å². The Bertz CT molecular complexity index is 436. The Kier molecular flexibility index (Phi) is 5.73. The number of allylic oxidation sites excluding steroid dienone is 6. The molecule has 1 aromatic carbocycles. The summed E-state index contributed by atoms with van der Waals surface area (Å²) in [4.78, 5) is 11.8. The third kappa shape index (κ3) is 4.64. The van der Waals surface area contributed by atoms with Gasteiger partial charge in [0.15, 0.2) is 5.78 Å². The van der Waals surface area contributed by atoms with Gasteiger partial charge in [0.05, 0.1) is 0 Å². The summed E-state index contributed by atoms with van der Waals surface area (Å²) >= 11 is 0. The van der Waals surface area contributed by atoms with E-state index in [2.05, 4.69) is 13.0 Å². The van der Waals surface area contributed by atoms with Crippen LogP contribution < -0.4 is 0 Å². The third-order valence-corrected chi connectivity index (χ3v) is 2.28. The summed E-state index contributed by atoms with van der Waals surface area (Å²) in [6, 6.07) is 9.30. The predicted octanol–water partition coefficient (Wildman–Crippen LogP) is 4.34. The summed E-state index contributed by atoms with van der Waals surface area (Å²) in [6.45, 7) is 4.05. The molecule has 0 N–H and O–H groups in total. The fraction of sp³-hybridized carbons (Fsp3) is 0.188. The molecule has 0 saturated carbocycles. The van der Waals surface area contributed by atoms with Gasteiger partial charge in [-0.1, -0.05) is 61.6 Å². The molecule has 0 aliphatic carbocycles. The SMILES string of the molecule is C\C=C/C(/C=C/C(=O)c1ccccc1)=C\CC. The minimum atomic E-state index is 0.0390. The van der Waals surface area contributed by atoms with Crippen molar-refractivity contribution in [1.82, 2.24) is 0 Å². The van der Waals surface area contributed by atoms with Gasteiger partial charge < -0.3 is 0 Å². The summed E-state index contributed by atoms with van der Waals surface area (Å²) in [6.07, 6.45) is 10.5. The van der Waals surface area contributed by atoms with Crippen LogP contribution in [0.15, 0.2) is 66.3 Å². The zero-order valence-corrected chi connectivity index (χ0v) is 10.4. The van der Waals surface area contributed by atoms with Gasteiger partial charge in [-0.15, -0.1) is 0 Å². The lowest BCUT2D eigenvalue weighted by Gasteiger charge is -1.95. The minimum Gasteiger partial charge on any atom is -0.289 e. The van der Waals surface area contributed by atoms with E-state index in [4.69, 9.17) is 0 Å². The van der Waals surface area contributed by atoms with E-state index in [-0.39, 0.29) is 5.78 Å². The first-order valence-corrected chi connectivity index (χ1v) is 5.88. The highest BCUT2D eigenvalue weighted by Crippen LogP contribution is 2.05. The standard InChI is InChI=1S/C16H18O/c1-3-8-14(9-4-2)12-13-16(17)15-10-6-5-7-11-15/h3,5-13H,4H2,1-2H3/b8-3-,13-12+,14-9+. The molecular weight excluding hydrogens is 208 g/mol. The number of hydrogen-bond donors (Lipinski definition) is 0. The molecule has 0 atom stereocenters. The van der Waals surface area contributed by atoms with Crippen molar-refractivity contribution in [2.75, 3.05) is 0 Å². The van der Waals surface area contributed by atoms with E-state index in [0.29, 0.717) is 0 Å². The lowest BCUT2D eigenvalue weighted by atomic mass is 10.1. The minimum absolute atomic E-state index is 0.0390. The van der Waals surface area contributed by atoms with Crippen LogP contribution in [0.3, 0.4) is 0 Å². The lowest BCUT2D eigenvalue weighted by Crippen LogP contribution is -1.93. The van der Waals surface area contributed by atoms with E-state index >= 15 is 0 Å². The zero-order chi connectivity index (χ0) is 12.5. The largest absolute Gasteiger partial charge is 0.289 e. The van der Waals surface area contributed by atoms with Gasteiger partial charge in [-0.25, -0.2) is 0 Å². The van der Waals surface area contributed by atoms with Gasteiger partial charge >= 0.3 is 0 Å². The van der Waals surface area contributed by atoms with Crippen LogP contribution >= 0.6 is 0 Å². The Morgan fingerprint density at radius 3 is 2.41 bits per heavy atom. The maximum absolute atomic E-state index is 11.8. The monoisotopic (exact) mass is 226 g/mol. The van der Waals surface area contributed by atoms with Gasteiger partial charge in [-0.2, -0.15) is 0 Å². The van der Waals surface area contributed by atoms with Crippen LogP contribution in [0.5, 0.6) is 0 Å². The van der Waals surface area contributed by atoms with Crippen LogP contribution in [0.4, 0.5) is 0 Å². The molecule has 0 aliphatic heterocycles. The molecule has 1 nitrogen and oxygen atoms in total. The Hall–Kier alpha value is -1.89. The van der Waals surface area contributed by atoms with E-state index in [1.807, 2.05) is 55.5 Å². The molecular formula is C16H18O. The maximum atomic E-state index is 11.8. The summed E-state index contributed by atoms with van der Waals surface area (Å²) in [5.41, 5.74) is 1.79. The molecule has 88 valence electrons. The first kappa shape index (κ1) is 13.2. The molecule has 0 heterocycles. The molecule has 0 aromatic heterocycles. The van der Waals surface area contributed by atoms with Crippen LogP contribution in [0.1, 0.15) is 30.6 Å². The van der Waals surface area contributed by atoms with Crippen molar-refractivity contribution in [3.63, 3.8) is 0 Å². The number of rotatable bonds is 5. The quantitative estimate of drug-likeness (QED) is 0.414. The van der Waals surface area contributed by atoms with Crippen molar-refractivity contribution >= 4 is 5.78 Å². The molecule has 0 amide bonds. The van der Waals surface area contributed by atoms with Crippen LogP contribution in [-0.4, -0.2) is 5.78 Å². The zero-order valence-electron chi connectivity index (χ0n) is 10.4. The fourth-order valence-electron chi connectivity index (χ4n) is 1.49. The van der Waals surface area contributed by atoms with Gasteiger partial charge in [-0.3, -0.25) is 4.79 Å².